The molecule has 1 aromatic carbocycles. The second kappa shape index (κ2) is 4.70. The van der Waals surface area contributed by atoms with Gasteiger partial charge in [-0.15, -0.1) is 0 Å². The molecule has 0 saturated carbocycles. The molecule has 2 heterocycles. The van der Waals surface area contributed by atoms with Crippen molar-refractivity contribution in [1.29, 1.82) is 0 Å². The minimum Gasteiger partial charge on any atom is -0.481 e. The Balaban J connectivity index is 1.93. The molecule has 3 aromatic rings. The minimum atomic E-state index is -1.18. The summed E-state index contributed by atoms with van der Waals surface area (Å²) in [6, 6.07) is 10.9. The highest BCUT2D eigenvalue weighted by Gasteiger charge is 2.16. The molecule has 20 heavy (non-hydrogen) atoms. The van der Waals surface area contributed by atoms with Gasteiger partial charge in [-0.2, -0.15) is 0 Å². The van der Waals surface area contributed by atoms with Crippen molar-refractivity contribution >= 4 is 22.7 Å². The third kappa shape index (κ3) is 2.21. The van der Waals surface area contributed by atoms with Gasteiger partial charge in [0.05, 0.1) is 5.56 Å². The van der Waals surface area contributed by atoms with Gasteiger partial charge in [0.1, 0.15) is 24.0 Å². The van der Waals surface area contributed by atoms with Crippen molar-refractivity contribution in [3.63, 3.8) is 0 Å². The zero-order chi connectivity index (χ0) is 14.1. The van der Waals surface area contributed by atoms with Gasteiger partial charge in [0.2, 0.25) is 5.78 Å². The van der Waals surface area contributed by atoms with Crippen molar-refractivity contribution in [2.24, 2.45) is 0 Å². The fourth-order valence-electron chi connectivity index (χ4n) is 1.96. The van der Waals surface area contributed by atoms with E-state index in [0.717, 1.165) is 11.0 Å². The highest BCUT2D eigenvalue weighted by atomic mass is 16.4. The number of carbonyl (C=O) groups is 2. The standard InChI is InChI=1S/C15H10O5/c16-11(7-15(17)18)14-6-10(8-19-14)13-5-9-3-1-2-4-12(9)20-13/h1-6,8H,7H2,(H,17,18). The number of carbonyl (C=O) groups excluding carboxylic acids is 1. The van der Waals surface area contributed by atoms with Crippen LogP contribution < -0.4 is 0 Å². The van der Waals surface area contributed by atoms with Crippen LogP contribution in [0.5, 0.6) is 0 Å². The van der Waals surface area contributed by atoms with E-state index in [-0.39, 0.29) is 5.76 Å². The Labute approximate surface area is 113 Å². The van der Waals surface area contributed by atoms with E-state index in [1.165, 1.54) is 12.3 Å². The minimum absolute atomic E-state index is 0.0165. The Morgan fingerprint density at radius 1 is 1.15 bits per heavy atom. The van der Waals surface area contributed by atoms with Crippen LogP contribution in [-0.4, -0.2) is 16.9 Å². The number of ketones is 1. The molecule has 0 saturated heterocycles. The number of furan rings is 2. The van der Waals surface area contributed by atoms with Crippen molar-refractivity contribution < 1.29 is 23.5 Å². The Bertz CT molecular complexity index is 760. The summed E-state index contributed by atoms with van der Waals surface area (Å²) in [5.74, 6) is -1.16. The van der Waals surface area contributed by atoms with Gasteiger partial charge >= 0.3 is 5.97 Å². The Hall–Kier alpha value is -2.82. The zero-order valence-corrected chi connectivity index (χ0v) is 10.3. The molecule has 0 aliphatic heterocycles. The van der Waals surface area contributed by atoms with E-state index in [1.807, 2.05) is 30.3 Å². The van der Waals surface area contributed by atoms with Crippen molar-refractivity contribution in [1.82, 2.24) is 0 Å². The monoisotopic (exact) mass is 270 g/mol. The predicted molar refractivity (Wildman–Crippen MR) is 70.5 cm³/mol. The maximum atomic E-state index is 11.6. The molecule has 0 bridgehead atoms. The third-order valence-electron chi connectivity index (χ3n) is 2.90. The van der Waals surface area contributed by atoms with Crippen LogP contribution in [0.2, 0.25) is 0 Å². The second-order valence-electron chi connectivity index (χ2n) is 4.34. The van der Waals surface area contributed by atoms with Gasteiger partial charge in [0.25, 0.3) is 0 Å². The molecule has 5 heteroatoms. The van der Waals surface area contributed by atoms with E-state index in [2.05, 4.69) is 0 Å². The maximum absolute atomic E-state index is 11.6. The lowest BCUT2D eigenvalue weighted by Gasteiger charge is -1.90. The van der Waals surface area contributed by atoms with E-state index < -0.39 is 18.2 Å². The number of aliphatic carboxylic acids is 1. The van der Waals surface area contributed by atoms with Crippen LogP contribution in [0.1, 0.15) is 17.0 Å². The van der Waals surface area contributed by atoms with Crippen molar-refractivity contribution in [2.45, 2.75) is 6.42 Å². The van der Waals surface area contributed by atoms with Gasteiger partial charge in [-0.1, -0.05) is 18.2 Å². The van der Waals surface area contributed by atoms with E-state index >= 15 is 0 Å². The number of rotatable bonds is 4. The first-order valence-corrected chi connectivity index (χ1v) is 5.96. The van der Waals surface area contributed by atoms with Crippen LogP contribution in [0.3, 0.4) is 0 Å². The van der Waals surface area contributed by atoms with Crippen LogP contribution in [-0.2, 0) is 4.79 Å². The summed E-state index contributed by atoms with van der Waals surface area (Å²) in [5, 5.41) is 9.53. The number of hydrogen-bond acceptors (Lipinski definition) is 4. The molecule has 100 valence electrons. The highest BCUT2D eigenvalue weighted by molar-refractivity contribution is 6.04. The number of carboxylic acid groups (broad SMARTS) is 1. The van der Waals surface area contributed by atoms with Crippen molar-refractivity contribution in [3.8, 4) is 11.3 Å². The first kappa shape index (κ1) is 12.2. The van der Waals surface area contributed by atoms with Gasteiger partial charge in [0, 0.05) is 5.39 Å². The van der Waals surface area contributed by atoms with Crippen molar-refractivity contribution in [3.05, 3.63) is 48.4 Å². The van der Waals surface area contributed by atoms with Gasteiger partial charge in [-0.25, -0.2) is 0 Å². The second-order valence-corrected chi connectivity index (χ2v) is 4.34. The van der Waals surface area contributed by atoms with Crippen LogP contribution in [0.15, 0.2) is 51.5 Å². The molecule has 5 nitrogen and oxygen atoms in total. The fraction of sp³-hybridized carbons (Fsp3) is 0.0667. The number of Topliss-reactive ketones (excluding diaryl/α,β-unsaturated/α-hetero) is 1. The average molecular weight is 270 g/mol. The Kier molecular flexibility index (Phi) is 2.87. The molecule has 1 N–H and O–H groups in total. The largest absolute Gasteiger partial charge is 0.481 e. The molecule has 0 unspecified atom stereocenters. The summed E-state index contributed by atoms with van der Waals surface area (Å²) in [7, 11) is 0. The van der Waals surface area contributed by atoms with E-state index in [9.17, 15) is 9.59 Å². The Morgan fingerprint density at radius 2 is 1.95 bits per heavy atom. The summed E-state index contributed by atoms with van der Waals surface area (Å²) in [4.78, 5) is 22.1. The smallest absolute Gasteiger partial charge is 0.311 e. The molecule has 0 spiro atoms. The normalized spacial score (nSPS) is 10.8. The third-order valence-corrected chi connectivity index (χ3v) is 2.90. The lowest BCUT2D eigenvalue weighted by Crippen LogP contribution is -2.05. The van der Waals surface area contributed by atoms with E-state index in [1.54, 1.807) is 0 Å². The molecule has 0 aliphatic rings. The van der Waals surface area contributed by atoms with Crippen LogP contribution >= 0.6 is 0 Å². The molecule has 3 rings (SSSR count). The lowest BCUT2D eigenvalue weighted by molar-refractivity contribution is -0.135. The lowest BCUT2D eigenvalue weighted by atomic mass is 10.2. The zero-order valence-electron chi connectivity index (χ0n) is 10.3. The van der Waals surface area contributed by atoms with Gasteiger partial charge in [-0.3, -0.25) is 9.59 Å². The summed E-state index contributed by atoms with van der Waals surface area (Å²) in [5.41, 5.74) is 1.34. The number of carboxylic acids is 1. The average Bonchev–Trinajstić information content (AvgIpc) is 3.04. The molecule has 0 fully saturated rings. The maximum Gasteiger partial charge on any atom is 0.311 e. The summed E-state index contributed by atoms with van der Waals surface area (Å²) in [6.07, 6.45) is 0.792. The molecular formula is C15H10O5. The number of hydrogen-bond donors (Lipinski definition) is 1. The van der Waals surface area contributed by atoms with Gasteiger partial charge in [0.15, 0.2) is 5.76 Å². The first-order valence-electron chi connectivity index (χ1n) is 5.96. The molecule has 0 amide bonds. The summed E-state index contributed by atoms with van der Waals surface area (Å²) < 4.78 is 10.7. The van der Waals surface area contributed by atoms with Crippen molar-refractivity contribution in [2.75, 3.05) is 0 Å². The van der Waals surface area contributed by atoms with Gasteiger partial charge < -0.3 is 13.9 Å². The summed E-state index contributed by atoms with van der Waals surface area (Å²) in [6.45, 7) is 0. The quantitative estimate of drug-likeness (QED) is 0.580. The summed E-state index contributed by atoms with van der Waals surface area (Å²) >= 11 is 0. The first-order chi connectivity index (χ1) is 9.63. The van der Waals surface area contributed by atoms with Crippen LogP contribution in [0, 0.1) is 0 Å². The van der Waals surface area contributed by atoms with Gasteiger partial charge in [-0.05, 0) is 18.2 Å². The molecular weight excluding hydrogens is 260 g/mol. The molecule has 0 aliphatic carbocycles. The number of benzene rings is 1. The number of fused-ring (bicyclic) bond motifs is 1. The molecule has 2 aromatic heterocycles. The Morgan fingerprint density at radius 3 is 2.70 bits per heavy atom. The van der Waals surface area contributed by atoms with E-state index in [0.29, 0.717) is 11.3 Å². The molecule has 0 radical (unpaired) electrons. The molecule has 0 atom stereocenters. The highest BCUT2D eigenvalue weighted by Crippen LogP contribution is 2.29. The van der Waals surface area contributed by atoms with Crippen LogP contribution in [0.25, 0.3) is 22.3 Å². The fourth-order valence-corrected chi connectivity index (χ4v) is 1.96. The predicted octanol–water partition coefficient (Wildman–Crippen LogP) is 3.35. The SMILES string of the molecule is O=C(O)CC(=O)c1cc(-c2cc3ccccc3o2)co1. The van der Waals surface area contributed by atoms with Crippen LogP contribution in [0.4, 0.5) is 0 Å². The topological polar surface area (TPSA) is 80.6 Å². The van der Waals surface area contributed by atoms with E-state index in [4.69, 9.17) is 13.9 Å². The number of para-hydroxylation sites is 1.